The molecule has 0 aromatic carbocycles. The van der Waals surface area contributed by atoms with Gasteiger partial charge in [0.1, 0.15) is 12.4 Å². The molecule has 0 saturated heterocycles. The molecule has 1 rings (SSSR count). The smallest absolute Gasteiger partial charge is 0.367 e. The van der Waals surface area contributed by atoms with E-state index < -0.39 is 5.69 Å². The number of aromatic nitrogens is 2. The van der Waals surface area contributed by atoms with E-state index >= 15 is 0 Å². The average Bonchev–Trinajstić information content (AvgIpc) is 2.12. The van der Waals surface area contributed by atoms with Gasteiger partial charge in [0.05, 0.1) is 0 Å². The second kappa shape index (κ2) is 3.65. The Morgan fingerprint density at radius 3 is 3.00 bits per heavy atom. The molecule has 0 radical (unpaired) electrons. The van der Waals surface area contributed by atoms with Crippen LogP contribution in [0, 0.1) is 4.91 Å². The lowest BCUT2D eigenvalue weighted by molar-refractivity contribution is 0.846. The van der Waals surface area contributed by atoms with Crippen molar-refractivity contribution in [3.8, 4) is 0 Å². The zero-order chi connectivity index (χ0) is 9.84. The molecule has 1 aromatic rings. The van der Waals surface area contributed by atoms with Crippen LogP contribution in [0.25, 0.3) is 0 Å². The van der Waals surface area contributed by atoms with Gasteiger partial charge in [-0.25, -0.2) is 4.79 Å². The van der Waals surface area contributed by atoms with Gasteiger partial charge in [-0.1, -0.05) is 5.18 Å². The number of nitrogens with zero attached hydrogens (tertiary/aromatic N) is 3. The van der Waals surface area contributed by atoms with Crippen molar-refractivity contribution in [2.75, 3.05) is 18.2 Å². The number of nitrogen functional groups attached to an aromatic ring is 1. The van der Waals surface area contributed by atoms with E-state index in [2.05, 4.69) is 15.5 Å². The maximum absolute atomic E-state index is 10.9. The predicted octanol–water partition coefficient (Wildman–Crippen LogP) is -0.735. The highest BCUT2D eigenvalue weighted by molar-refractivity contribution is 5.42. The third-order valence-electron chi connectivity index (χ3n) is 1.55. The van der Waals surface area contributed by atoms with Crippen molar-refractivity contribution in [3.05, 3.63) is 27.2 Å². The molecule has 3 N–H and O–H groups in total. The van der Waals surface area contributed by atoms with E-state index in [0.29, 0.717) is 11.4 Å². The molecule has 0 amide bonds. The zero-order valence-corrected chi connectivity index (χ0v) is 7.02. The number of nitroso groups, excluding NO2 is 1. The SMILES string of the molecule is CNc1c(CN=O)cnc(=O)n1N. The molecule has 7 heteroatoms. The number of nitrogens with one attached hydrogen (secondary N) is 1. The molecule has 0 unspecified atom stereocenters. The lowest BCUT2D eigenvalue weighted by atomic mass is 10.3. The van der Waals surface area contributed by atoms with Crippen LogP contribution in [0.15, 0.2) is 16.2 Å². The number of hydrogen-bond acceptors (Lipinski definition) is 6. The Kier molecular flexibility index (Phi) is 2.58. The van der Waals surface area contributed by atoms with E-state index in [9.17, 15) is 9.70 Å². The maximum Gasteiger partial charge on any atom is 0.367 e. The summed E-state index contributed by atoms with van der Waals surface area (Å²) in [6.45, 7) is -0.0688. The molecule has 13 heavy (non-hydrogen) atoms. The lowest BCUT2D eigenvalue weighted by Gasteiger charge is -2.08. The topological polar surface area (TPSA) is 102 Å². The molecule has 0 atom stereocenters. The van der Waals surface area contributed by atoms with Gasteiger partial charge in [0, 0.05) is 18.8 Å². The molecule has 1 heterocycles. The van der Waals surface area contributed by atoms with Crippen molar-refractivity contribution in [1.29, 1.82) is 0 Å². The summed E-state index contributed by atoms with van der Waals surface area (Å²) < 4.78 is 0.834. The number of hydrogen-bond donors (Lipinski definition) is 2. The number of anilines is 1. The molecule has 7 nitrogen and oxygen atoms in total. The van der Waals surface area contributed by atoms with Gasteiger partial charge >= 0.3 is 5.69 Å². The molecular formula is C6H9N5O2. The first-order valence-electron chi connectivity index (χ1n) is 3.53. The molecule has 0 spiro atoms. The summed E-state index contributed by atoms with van der Waals surface area (Å²) in [6.07, 6.45) is 1.28. The third kappa shape index (κ3) is 1.63. The van der Waals surface area contributed by atoms with E-state index in [0.717, 1.165) is 4.68 Å². The van der Waals surface area contributed by atoms with Gasteiger partial charge in [0.15, 0.2) is 0 Å². The van der Waals surface area contributed by atoms with Gasteiger partial charge < -0.3 is 11.2 Å². The fraction of sp³-hybridized carbons (Fsp3) is 0.333. The molecule has 70 valence electrons. The average molecular weight is 183 g/mol. The summed E-state index contributed by atoms with van der Waals surface area (Å²) in [5, 5.41) is 5.37. The minimum atomic E-state index is -0.584. The molecule has 0 bridgehead atoms. The first kappa shape index (κ1) is 9.17. The van der Waals surface area contributed by atoms with E-state index in [4.69, 9.17) is 5.84 Å². The van der Waals surface area contributed by atoms with Gasteiger partial charge in [0.2, 0.25) is 0 Å². The Balaban J connectivity index is 3.29. The van der Waals surface area contributed by atoms with Gasteiger partial charge in [-0.3, -0.25) is 0 Å². The first-order chi connectivity index (χ1) is 6.20. The van der Waals surface area contributed by atoms with Crippen molar-refractivity contribution in [3.63, 3.8) is 0 Å². The molecule has 0 aliphatic heterocycles. The van der Waals surface area contributed by atoms with Gasteiger partial charge in [0.25, 0.3) is 0 Å². The summed E-state index contributed by atoms with van der Waals surface area (Å²) in [5.74, 6) is 5.71. The number of rotatable bonds is 3. The van der Waals surface area contributed by atoms with E-state index in [1.807, 2.05) is 0 Å². The van der Waals surface area contributed by atoms with Crippen molar-refractivity contribution in [1.82, 2.24) is 9.66 Å². The van der Waals surface area contributed by atoms with E-state index in [-0.39, 0.29) is 6.54 Å². The minimum Gasteiger partial charge on any atom is -0.373 e. The molecule has 0 aliphatic carbocycles. The summed E-state index contributed by atoms with van der Waals surface area (Å²) >= 11 is 0. The van der Waals surface area contributed by atoms with Crippen LogP contribution in [0.3, 0.4) is 0 Å². The van der Waals surface area contributed by atoms with Crippen molar-refractivity contribution in [2.24, 2.45) is 5.18 Å². The highest BCUT2D eigenvalue weighted by Gasteiger charge is 2.06. The number of nitrogens with two attached hydrogens (primary N) is 1. The van der Waals surface area contributed by atoms with Crippen LogP contribution in [-0.2, 0) is 6.54 Å². The van der Waals surface area contributed by atoms with Crippen molar-refractivity contribution in [2.45, 2.75) is 6.54 Å². The van der Waals surface area contributed by atoms with Crippen LogP contribution in [-0.4, -0.2) is 16.7 Å². The minimum absolute atomic E-state index is 0.0688. The molecule has 1 aromatic heterocycles. The zero-order valence-electron chi connectivity index (χ0n) is 7.02. The first-order valence-corrected chi connectivity index (χ1v) is 3.53. The van der Waals surface area contributed by atoms with Crippen LogP contribution < -0.4 is 16.8 Å². The summed E-state index contributed by atoms with van der Waals surface area (Å²) in [7, 11) is 1.59. The standard InChI is InChI=1S/C6H9N5O2/c1-8-5-4(3-10-13)2-9-6(12)11(5)7/h2,8H,3,7H2,1H3. The molecule has 0 fully saturated rings. The normalized spacial score (nSPS) is 9.62. The monoisotopic (exact) mass is 183 g/mol. The Labute approximate surface area is 73.5 Å². The summed E-state index contributed by atoms with van der Waals surface area (Å²) in [5.41, 5.74) is -0.0985. The van der Waals surface area contributed by atoms with Gasteiger partial charge in [-0.05, 0) is 0 Å². The Hall–Kier alpha value is -1.92. The summed E-state index contributed by atoms with van der Waals surface area (Å²) in [4.78, 5) is 24.4. The van der Waals surface area contributed by atoms with E-state index in [1.165, 1.54) is 6.20 Å². The molecule has 0 saturated carbocycles. The highest BCUT2D eigenvalue weighted by atomic mass is 16.3. The lowest BCUT2D eigenvalue weighted by Crippen LogP contribution is -2.32. The van der Waals surface area contributed by atoms with E-state index in [1.54, 1.807) is 7.05 Å². The van der Waals surface area contributed by atoms with Gasteiger partial charge in [-0.15, -0.1) is 0 Å². The Morgan fingerprint density at radius 2 is 2.46 bits per heavy atom. The van der Waals surface area contributed by atoms with Crippen LogP contribution >= 0.6 is 0 Å². The molecule has 0 aliphatic rings. The second-order valence-electron chi connectivity index (χ2n) is 2.32. The Morgan fingerprint density at radius 1 is 1.77 bits per heavy atom. The van der Waals surface area contributed by atoms with Crippen LogP contribution in [0.5, 0.6) is 0 Å². The third-order valence-corrected chi connectivity index (χ3v) is 1.55. The maximum atomic E-state index is 10.9. The largest absolute Gasteiger partial charge is 0.373 e. The van der Waals surface area contributed by atoms with Crippen LogP contribution in [0.4, 0.5) is 5.82 Å². The fourth-order valence-corrected chi connectivity index (χ4v) is 0.973. The fourth-order valence-electron chi connectivity index (χ4n) is 0.973. The van der Waals surface area contributed by atoms with Crippen LogP contribution in [0.2, 0.25) is 0 Å². The predicted molar refractivity (Wildman–Crippen MR) is 47.7 cm³/mol. The van der Waals surface area contributed by atoms with Crippen molar-refractivity contribution >= 4 is 5.82 Å². The Bertz CT molecular complexity index is 372. The van der Waals surface area contributed by atoms with Gasteiger partial charge in [-0.2, -0.15) is 14.6 Å². The second-order valence-corrected chi connectivity index (χ2v) is 2.32. The highest BCUT2D eigenvalue weighted by Crippen LogP contribution is 2.09. The summed E-state index contributed by atoms with van der Waals surface area (Å²) in [6, 6.07) is 0. The quantitative estimate of drug-likeness (QED) is 0.474. The molecular weight excluding hydrogens is 174 g/mol. The van der Waals surface area contributed by atoms with Crippen LogP contribution in [0.1, 0.15) is 5.56 Å². The van der Waals surface area contributed by atoms with Crippen molar-refractivity contribution < 1.29 is 0 Å².